The summed E-state index contributed by atoms with van der Waals surface area (Å²) in [7, 11) is 0. The molecule has 0 aromatic rings. The first-order chi connectivity index (χ1) is 9.63. The van der Waals surface area contributed by atoms with Crippen LogP contribution in [0.3, 0.4) is 0 Å². The molecule has 114 valence electrons. The Balaban J connectivity index is 3.08. The lowest BCUT2D eigenvalue weighted by atomic mass is 10.1. The Kier molecular flexibility index (Phi) is 12.9. The minimum Gasteiger partial charge on any atom is -0.481 e. The van der Waals surface area contributed by atoms with Crippen LogP contribution in [0.2, 0.25) is 0 Å². The molecule has 4 nitrogen and oxygen atoms in total. The van der Waals surface area contributed by atoms with Crippen molar-refractivity contribution in [1.29, 1.82) is 0 Å². The number of rotatable bonds is 12. The van der Waals surface area contributed by atoms with Crippen molar-refractivity contribution in [2.24, 2.45) is 0 Å². The summed E-state index contributed by atoms with van der Waals surface area (Å²) >= 11 is 0. The average molecular weight is 282 g/mol. The van der Waals surface area contributed by atoms with Gasteiger partial charge in [-0.2, -0.15) is 0 Å². The molecule has 0 aliphatic rings. The summed E-state index contributed by atoms with van der Waals surface area (Å²) in [5.41, 5.74) is 0. The highest BCUT2D eigenvalue weighted by molar-refractivity contribution is 5.86. The smallest absolute Gasteiger partial charge is 0.381 e. The fraction of sp³-hybridized carbons (Fsp3) is 0.750. The summed E-state index contributed by atoms with van der Waals surface area (Å²) in [5.74, 6) is 3.01. The van der Waals surface area contributed by atoms with E-state index in [1.807, 2.05) is 0 Å². The molecule has 0 spiro atoms. The van der Waals surface area contributed by atoms with Gasteiger partial charge in [0.2, 0.25) is 0 Å². The van der Waals surface area contributed by atoms with Gasteiger partial charge >= 0.3 is 11.9 Å². The Bertz CT molecular complexity index is 325. The molecule has 0 rings (SSSR count). The summed E-state index contributed by atoms with van der Waals surface area (Å²) in [5, 5.41) is 16.8. The fourth-order valence-corrected chi connectivity index (χ4v) is 2.04. The van der Waals surface area contributed by atoms with Gasteiger partial charge in [-0.05, 0) is 12.8 Å². The van der Waals surface area contributed by atoms with Gasteiger partial charge in [0.1, 0.15) is 0 Å². The number of unbranched alkanes of at least 4 members (excludes halogenated alkanes) is 10. The molecule has 0 radical (unpaired) electrons. The summed E-state index contributed by atoms with van der Waals surface area (Å²) < 4.78 is 0. The Hall–Kier alpha value is -1.50. The third-order valence-corrected chi connectivity index (χ3v) is 3.14. The van der Waals surface area contributed by atoms with Gasteiger partial charge in [-0.1, -0.05) is 57.3 Å². The molecule has 0 saturated heterocycles. The van der Waals surface area contributed by atoms with Crippen molar-refractivity contribution in [1.82, 2.24) is 0 Å². The van der Waals surface area contributed by atoms with E-state index in [-0.39, 0.29) is 0 Å². The Morgan fingerprint density at radius 1 is 0.700 bits per heavy atom. The molecular weight excluding hydrogens is 256 g/mol. The second-order valence-electron chi connectivity index (χ2n) is 5.04. The monoisotopic (exact) mass is 282 g/mol. The lowest BCUT2D eigenvalue weighted by Crippen LogP contribution is -1.93. The lowest BCUT2D eigenvalue weighted by Gasteiger charge is -2.01. The number of carboxylic acid groups (broad SMARTS) is 2. The highest BCUT2D eigenvalue weighted by Gasteiger charge is 1.96. The molecule has 0 aromatic heterocycles. The van der Waals surface area contributed by atoms with E-state index in [0.717, 1.165) is 32.1 Å². The molecule has 0 saturated carbocycles. The first-order valence-corrected chi connectivity index (χ1v) is 7.56. The molecule has 2 N–H and O–H groups in total. The van der Waals surface area contributed by atoms with E-state index in [0.29, 0.717) is 12.8 Å². The Morgan fingerprint density at radius 3 is 1.60 bits per heavy atom. The van der Waals surface area contributed by atoms with Crippen LogP contribution >= 0.6 is 0 Å². The topological polar surface area (TPSA) is 74.6 Å². The standard InChI is InChI=1S/C16H26O4/c17-15(18)13-11-9-7-5-3-1-2-4-6-8-10-12-14-16(19)20/h1-11,13H2,(H,17,18)(H,19,20). The van der Waals surface area contributed by atoms with Crippen LogP contribution in [0.4, 0.5) is 0 Å². The van der Waals surface area contributed by atoms with Crippen molar-refractivity contribution in [3.8, 4) is 11.8 Å². The molecule has 0 aromatic carbocycles. The molecule has 0 bridgehead atoms. The highest BCUT2D eigenvalue weighted by Crippen LogP contribution is 2.11. The normalized spacial score (nSPS) is 9.80. The molecule has 0 heterocycles. The predicted octanol–water partition coefficient (Wildman–Crippen LogP) is 3.84. The summed E-state index contributed by atoms with van der Waals surface area (Å²) in [4.78, 5) is 20.4. The maximum absolute atomic E-state index is 10.3. The van der Waals surface area contributed by atoms with Crippen LogP contribution in [0.1, 0.15) is 77.0 Å². The minimum absolute atomic E-state index is 0.296. The maximum Gasteiger partial charge on any atom is 0.381 e. The molecule has 4 heteroatoms. The molecule has 20 heavy (non-hydrogen) atoms. The maximum atomic E-state index is 10.3. The number of aliphatic carboxylic acids is 2. The molecule has 0 unspecified atom stereocenters. The van der Waals surface area contributed by atoms with Gasteiger partial charge in [0.25, 0.3) is 0 Å². The SMILES string of the molecule is O=C(O)C#CCCCCCCCCCCCCC(=O)O. The fourth-order valence-electron chi connectivity index (χ4n) is 2.04. The van der Waals surface area contributed by atoms with E-state index in [1.54, 1.807) is 0 Å². The number of hydrogen-bond acceptors (Lipinski definition) is 2. The Morgan fingerprint density at radius 2 is 1.15 bits per heavy atom. The number of hydrogen-bond donors (Lipinski definition) is 2. The van der Waals surface area contributed by atoms with Crippen LogP contribution < -0.4 is 0 Å². The second-order valence-corrected chi connectivity index (χ2v) is 5.04. The quantitative estimate of drug-likeness (QED) is 0.421. The van der Waals surface area contributed by atoms with Gasteiger partial charge in [-0.25, -0.2) is 4.79 Å². The van der Waals surface area contributed by atoms with Crippen LogP contribution in [-0.4, -0.2) is 22.2 Å². The largest absolute Gasteiger partial charge is 0.481 e. The van der Waals surface area contributed by atoms with Crippen molar-refractivity contribution in [3.63, 3.8) is 0 Å². The summed E-state index contributed by atoms with van der Waals surface area (Å²) in [6.07, 6.45) is 12.1. The van der Waals surface area contributed by atoms with Crippen LogP contribution in [0, 0.1) is 11.8 Å². The van der Waals surface area contributed by atoms with E-state index in [9.17, 15) is 9.59 Å². The molecule has 0 amide bonds. The van der Waals surface area contributed by atoms with Gasteiger partial charge in [0, 0.05) is 18.8 Å². The van der Waals surface area contributed by atoms with E-state index in [2.05, 4.69) is 11.8 Å². The third kappa shape index (κ3) is 16.5. The van der Waals surface area contributed by atoms with Crippen molar-refractivity contribution >= 4 is 11.9 Å². The van der Waals surface area contributed by atoms with Gasteiger partial charge in [0.15, 0.2) is 0 Å². The Labute approximate surface area is 121 Å². The first kappa shape index (κ1) is 18.5. The van der Waals surface area contributed by atoms with Crippen LogP contribution in [0.15, 0.2) is 0 Å². The van der Waals surface area contributed by atoms with Crippen molar-refractivity contribution in [2.45, 2.75) is 77.0 Å². The number of carboxylic acids is 2. The van der Waals surface area contributed by atoms with Gasteiger partial charge < -0.3 is 10.2 Å². The highest BCUT2D eigenvalue weighted by atomic mass is 16.4. The van der Waals surface area contributed by atoms with E-state index in [4.69, 9.17) is 10.2 Å². The predicted molar refractivity (Wildman–Crippen MR) is 78.5 cm³/mol. The molecule has 0 atom stereocenters. The van der Waals surface area contributed by atoms with Gasteiger partial charge in [-0.3, -0.25) is 4.79 Å². The van der Waals surface area contributed by atoms with E-state index in [1.165, 1.54) is 32.1 Å². The lowest BCUT2D eigenvalue weighted by molar-refractivity contribution is -0.137. The molecule has 0 aliphatic heterocycles. The van der Waals surface area contributed by atoms with E-state index >= 15 is 0 Å². The first-order valence-electron chi connectivity index (χ1n) is 7.56. The zero-order chi connectivity index (χ0) is 15.1. The van der Waals surface area contributed by atoms with Crippen LogP contribution in [0.25, 0.3) is 0 Å². The zero-order valence-electron chi connectivity index (χ0n) is 12.2. The van der Waals surface area contributed by atoms with Crippen LogP contribution in [-0.2, 0) is 9.59 Å². The molecule has 0 aliphatic carbocycles. The molecule has 0 fully saturated rings. The average Bonchev–Trinajstić information content (AvgIpc) is 2.38. The number of carbonyl (C=O) groups is 2. The van der Waals surface area contributed by atoms with Crippen molar-refractivity contribution in [3.05, 3.63) is 0 Å². The zero-order valence-corrected chi connectivity index (χ0v) is 12.2. The molecular formula is C16H26O4. The van der Waals surface area contributed by atoms with Crippen LogP contribution in [0.5, 0.6) is 0 Å². The van der Waals surface area contributed by atoms with E-state index < -0.39 is 11.9 Å². The summed E-state index contributed by atoms with van der Waals surface area (Å²) in [6.45, 7) is 0. The van der Waals surface area contributed by atoms with Crippen molar-refractivity contribution < 1.29 is 19.8 Å². The third-order valence-electron chi connectivity index (χ3n) is 3.14. The van der Waals surface area contributed by atoms with Gasteiger partial charge in [-0.15, -0.1) is 0 Å². The van der Waals surface area contributed by atoms with Crippen molar-refractivity contribution in [2.75, 3.05) is 0 Å². The second kappa shape index (κ2) is 13.9. The van der Waals surface area contributed by atoms with Gasteiger partial charge in [0.05, 0.1) is 0 Å². The summed E-state index contributed by atoms with van der Waals surface area (Å²) in [6, 6.07) is 0. The minimum atomic E-state index is -1.05.